The molecule has 108 valence electrons. The van der Waals surface area contributed by atoms with Crippen LogP contribution in [-0.2, 0) is 0 Å². The molecule has 1 aliphatic rings. The van der Waals surface area contributed by atoms with Crippen molar-refractivity contribution in [1.82, 2.24) is 5.32 Å². The number of amides is 1. The van der Waals surface area contributed by atoms with E-state index in [1.807, 2.05) is 18.7 Å². The fourth-order valence-electron chi connectivity index (χ4n) is 2.48. The highest BCUT2D eigenvalue weighted by molar-refractivity contribution is 5.94. The number of piperazine rings is 1. The number of rotatable bonds is 3. The van der Waals surface area contributed by atoms with Crippen molar-refractivity contribution in [2.24, 2.45) is 5.73 Å². The largest absolute Gasteiger partial charge is 0.366 e. The third-order valence-corrected chi connectivity index (χ3v) is 3.55. The van der Waals surface area contributed by atoms with Gasteiger partial charge in [0, 0.05) is 36.8 Å². The van der Waals surface area contributed by atoms with E-state index < -0.39 is 10.8 Å². The second-order valence-electron chi connectivity index (χ2n) is 5.47. The van der Waals surface area contributed by atoms with Crippen LogP contribution in [0.25, 0.3) is 0 Å². The minimum absolute atomic E-state index is 0.0868. The molecule has 0 radical (unpaired) electrons. The first-order valence-electron chi connectivity index (χ1n) is 6.39. The van der Waals surface area contributed by atoms with Gasteiger partial charge in [-0.3, -0.25) is 14.9 Å². The highest BCUT2D eigenvalue weighted by atomic mass is 16.6. The second kappa shape index (κ2) is 5.09. The third kappa shape index (κ3) is 2.57. The summed E-state index contributed by atoms with van der Waals surface area (Å²) in [5.74, 6) is -0.667. The van der Waals surface area contributed by atoms with E-state index in [0.717, 1.165) is 13.1 Å². The molecule has 0 aromatic heterocycles. The van der Waals surface area contributed by atoms with Gasteiger partial charge in [-0.05, 0) is 26.0 Å². The van der Waals surface area contributed by atoms with Gasteiger partial charge in [0.2, 0.25) is 5.91 Å². The summed E-state index contributed by atoms with van der Waals surface area (Å²) in [5.41, 5.74) is 5.52. The Morgan fingerprint density at radius 3 is 2.75 bits per heavy atom. The molecule has 0 saturated carbocycles. The first kappa shape index (κ1) is 14.3. The lowest BCUT2D eigenvalue weighted by Crippen LogP contribution is -2.58. The molecule has 3 N–H and O–H groups in total. The summed E-state index contributed by atoms with van der Waals surface area (Å²) in [4.78, 5) is 23.9. The molecule has 1 saturated heterocycles. The molecule has 7 heteroatoms. The van der Waals surface area contributed by atoms with Crippen LogP contribution in [0.4, 0.5) is 11.4 Å². The SMILES string of the molecule is CC1(C)CNCCN1c1ccc(C(N)=O)cc1[N+](=O)[O-]. The maximum Gasteiger partial charge on any atom is 0.293 e. The predicted molar refractivity (Wildman–Crippen MR) is 75.9 cm³/mol. The number of carbonyl (C=O) groups is 1. The highest BCUT2D eigenvalue weighted by Gasteiger charge is 2.33. The van der Waals surface area contributed by atoms with Crippen molar-refractivity contribution in [3.63, 3.8) is 0 Å². The van der Waals surface area contributed by atoms with Gasteiger partial charge in [-0.1, -0.05) is 0 Å². The summed E-state index contributed by atoms with van der Waals surface area (Å²) in [5, 5.41) is 14.5. The molecular formula is C13H18N4O3. The summed E-state index contributed by atoms with van der Waals surface area (Å²) in [6.07, 6.45) is 0. The molecular weight excluding hydrogens is 260 g/mol. The predicted octanol–water partition coefficient (Wildman–Crippen LogP) is 0.882. The molecule has 1 aromatic rings. The van der Waals surface area contributed by atoms with Gasteiger partial charge in [0.1, 0.15) is 5.69 Å². The van der Waals surface area contributed by atoms with Gasteiger partial charge in [0.25, 0.3) is 5.69 Å². The van der Waals surface area contributed by atoms with Crippen LogP contribution in [-0.4, -0.2) is 36.0 Å². The molecule has 1 fully saturated rings. The maximum atomic E-state index is 11.3. The third-order valence-electron chi connectivity index (χ3n) is 3.55. The smallest absolute Gasteiger partial charge is 0.293 e. The van der Waals surface area contributed by atoms with E-state index in [2.05, 4.69) is 5.32 Å². The summed E-state index contributed by atoms with van der Waals surface area (Å²) in [6, 6.07) is 4.38. The number of carbonyl (C=O) groups excluding carboxylic acids is 1. The number of nitrogens with zero attached hydrogens (tertiary/aromatic N) is 2. The number of anilines is 1. The number of benzene rings is 1. The Labute approximate surface area is 116 Å². The van der Waals surface area contributed by atoms with Crippen LogP contribution >= 0.6 is 0 Å². The van der Waals surface area contributed by atoms with Crippen molar-refractivity contribution in [1.29, 1.82) is 0 Å². The first-order chi connectivity index (χ1) is 9.33. The van der Waals surface area contributed by atoms with Crippen LogP contribution in [0.3, 0.4) is 0 Å². The van der Waals surface area contributed by atoms with Crippen molar-refractivity contribution < 1.29 is 9.72 Å². The van der Waals surface area contributed by atoms with Gasteiger partial charge in [0.15, 0.2) is 0 Å². The molecule has 0 atom stereocenters. The monoisotopic (exact) mass is 278 g/mol. The van der Waals surface area contributed by atoms with Gasteiger partial charge >= 0.3 is 0 Å². The lowest BCUT2D eigenvalue weighted by molar-refractivity contribution is -0.384. The zero-order valence-electron chi connectivity index (χ0n) is 11.5. The summed E-state index contributed by atoms with van der Waals surface area (Å²) < 4.78 is 0. The highest BCUT2D eigenvalue weighted by Crippen LogP contribution is 2.34. The van der Waals surface area contributed by atoms with Crippen LogP contribution < -0.4 is 16.0 Å². The second-order valence-corrected chi connectivity index (χ2v) is 5.47. The van der Waals surface area contributed by atoms with E-state index in [1.165, 1.54) is 12.1 Å². The lowest BCUT2D eigenvalue weighted by atomic mass is 9.98. The normalized spacial score (nSPS) is 17.8. The summed E-state index contributed by atoms with van der Waals surface area (Å²) in [7, 11) is 0. The van der Waals surface area contributed by atoms with Gasteiger partial charge in [0.05, 0.1) is 4.92 Å². The van der Waals surface area contributed by atoms with E-state index in [-0.39, 0.29) is 16.8 Å². The van der Waals surface area contributed by atoms with E-state index in [9.17, 15) is 14.9 Å². The Balaban J connectivity index is 2.50. The molecule has 1 amide bonds. The number of hydrogen-bond acceptors (Lipinski definition) is 5. The van der Waals surface area contributed by atoms with Crippen molar-refractivity contribution in [3.8, 4) is 0 Å². The first-order valence-corrected chi connectivity index (χ1v) is 6.39. The fourth-order valence-corrected chi connectivity index (χ4v) is 2.48. The Morgan fingerprint density at radius 2 is 2.20 bits per heavy atom. The zero-order chi connectivity index (χ0) is 14.9. The van der Waals surface area contributed by atoms with Crippen molar-refractivity contribution in [2.45, 2.75) is 19.4 Å². The maximum absolute atomic E-state index is 11.3. The fraction of sp³-hybridized carbons (Fsp3) is 0.462. The zero-order valence-corrected chi connectivity index (χ0v) is 11.5. The average Bonchev–Trinajstić information content (AvgIpc) is 2.37. The number of hydrogen-bond donors (Lipinski definition) is 2. The Bertz CT molecular complexity index is 557. The molecule has 0 bridgehead atoms. The molecule has 1 aliphatic heterocycles. The summed E-state index contributed by atoms with van der Waals surface area (Å²) >= 11 is 0. The van der Waals surface area contributed by atoms with Crippen molar-refractivity contribution in [3.05, 3.63) is 33.9 Å². The van der Waals surface area contributed by atoms with Gasteiger partial charge < -0.3 is 16.0 Å². The van der Waals surface area contributed by atoms with Crippen LogP contribution in [0.2, 0.25) is 0 Å². The Hall–Kier alpha value is -2.15. The van der Waals surface area contributed by atoms with Crippen LogP contribution in [0.1, 0.15) is 24.2 Å². The molecule has 20 heavy (non-hydrogen) atoms. The molecule has 1 aromatic carbocycles. The van der Waals surface area contributed by atoms with Crippen molar-refractivity contribution >= 4 is 17.3 Å². The minimum atomic E-state index is -0.667. The van der Waals surface area contributed by atoms with Gasteiger partial charge in [-0.25, -0.2) is 0 Å². The van der Waals surface area contributed by atoms with E-state index in [1.54, 1.807) is 6.07 Å². The number of primary amides is 1. The Kier molecular flexibility index (Phi) is 3.63. The lowest BCUT2D eigenvalue weighted by Gasteiger charge is -2.44. The number of nitrogens with two attached hydrogens (primary N) is 1. The van der Waals surface area contributed by atoms with Gasteiger partial charge in [-0.15, -0.1) is 0 Å². The molecule has 2 rings (SSSR count). The average molecular weight is 278 g/mol. The summed E-state index contributed by atoms with van der Waals surface area (Å²) in [6.45, 7) is 6.21. The van der Waals surface area contributed by atoms with E-state index in [0.29, 0.717) is 12.2 Å². The van der Waals surface area contributed by atoms with Crippen molar-refractivity contribution in [2.75, 3.05) is 24.5 Å². The quantitative estimate of drug-likeness (QED) is 0.631. The number of nitro benzene ring substituents is 1. The standard InChI is InChI=1S/C13H18N4O3/c1-13(2)8-15-5-6-16(13)10-4-3-9(12(14)18)7-11(10)17(19)20/h3-4,7,15H,5-6,8H2,1-2H3,(H2,14,18). The van der Waals surface area contributed by atoms with Crippen LogP contribution in [0.15, 0.2) is 18.2 Å². The molecule has 7 nitrogen and oxygen atoms in total. The minimum Gasteiger partial charge on any atom is -0.366 e. The van der Waals surface area contributed by atoms with E-state index >= 15 is 0 Å². The number of nitrogens with one attached hydrogen (secondary N) is 1. The van der Waals surface area contributed by atoms with Gasteiger partial charge in [-0.2, -0.15) is 0 Å². The van der Waals surface area contributed by atoms with Crippen LogP contribution in [0.5, 0.6) is 0 Å². The molecule has 0 spiro atoms. The topological polar surface area (TPSA) is 102 Å². The molecule has 0 aliphatic carbocycles. The Morgan fingerprint density at radius 1 is 1.50 bits per heavy atom. The molecule has 1 heterocycles. The van der Waals surface area contributed by atoms with Crippen LogP contribution in [0, 0.1) is 10.1 Å². The van der Waals surface area contributed by atoms with E-state index in [4.69, 9.17) is 5.73 Å². The molecule has 0 unspecified atom stereocenters. The number of nitro groups is 1.